The van der Waals surface area contributed by atoms with Crippen LogP contribution in [0.5, 0.6) is 5.75 Å². The molecule has 1 unspecified atom stereocenters. The Bertz CT molecular complexity index is 751. The van der Waals surface area contributed by atoms with Crippen molar-refractivity contribution in [3.05, 3.63) is 77.9 Å². The Balaban J connectivity index is 1.75. The number of ether oxygens (including phenoxy) is 1. The van der Waals surface area contributed by atoms with E-state index in [9.17, 15) is 0 Å². The molecule has 0 bridgehead atoms. The van der Waals surface area contributed by atoms with E-state index in [-0.39, 0.29) is 6.04 Å². The van der Waals surface area contributed by atoms with Crippen LogP contribution in [0.25, 0.3) is 10.8 Å². The minimum Gasteiger partial charge on any atom is -0.491 e. The van der Waals surface area contributed by atoms with Crippen LogP contribution in [0, 0.1) is 6.92 Å². The maximum absolute atomic E-state index is 6.26. The summed E-state index contributed by atoms with van der Waals surface area (Å²) in [7, 11) is 0. The second-order valence-electron chi connectivity index (χ2n) is 5.29. The summed E-state index contributed by atoms with van der Waals surface area (Å²) in [6.07, 6.45) is 0. The van der Waals surface area contributed by atoms with E-state index in [0.717, 1.165) is 16.9 Å². The molecule has 0 saturated heterocycles. The minimum absolute atomic E-state index is 0.130. The number of fused-ring (bicyclic) bond motifs is 1. The smallest absolute Gasteiger partial charge is 0.122 e. The predicted octanol–water partition coefficient (Wildman–Crippen LogP) is 4.23. The fourth-order valence-electron chi connectivity index (χ4n) is 2.43. The fraction of sp³-hybridized carbons (Fsp3) is 0.158. The average Bonchev–Trinajstić information content (AvgIpc) is 2.53. The summed E-state index contributed by atoms with van der Waals surface area (Å²) < 4.78 is 5.84. The number of rotatable bonds is 4. The first-order valence-corrected chi connectivity index (χ1v) is 7.17. The second kappa shape index (κ2) is 5.98. The summed E-state index contributed by atoms with van der Waals surface area (Å²) in [5.74, 6) is 0.897. The molecule has 0 aromatic heterocycles. The topological polar surface area (TPSA) is 35.2 Å². The van der Waals surface area contributed by atoms with Gasteiger partial charge in [-0.25, -0.2) is 0 Å². The maximum Gasteiger partial charge on any atom is 0.122 e. The molecule has 21 heavy (non-hydrogen) atoms. The summed E-state index contributed by atoms with van der Waals surface area (Å²) in [6, 6.07) is 22.5. The molecule has 1 atom stereocenters. The molecule has 0 saturated carbocycles. The van der Waals surface area contributed by atoms with E-state index < -0.39 is 0 Å². The first-order chi connectivity index (χ1) is 10.2. The van der Waals surface area contributed by atoms with Crippen molar-refractivity contribution < 1.29 is 4.74 Å². The Labute approximate surface area is 125 Å². The Morgan fingerprint density at radius 3 is 2.43 bits per heavy atom. The Morgan fingerprint density at radius 2 is 1.62 bits per heavy atom. The summed E-state index contributed by atoms with van der Waals surface area (Å²) in [6.45, 7) is 2.51. The van der Waals surface area contributed by atoms with E-state index in [1.165, 1.54) is 10.8 Å². The number of aryl methyl sites for hydroxylation is 1. The third kappa shape index (κ3) is 3.06. The molecule has 2 N–H and O–H groups in total. The van der Waals surface area contributed by atoms with Crippen molar-refractivity contribution in [3.8, 4) is 5.75 Å². The summed E-state index contributed by atoms with van der Waals surface area (Å²) >= 11 is 0. The first-order valence-electron chi connectivity index (χ1n) is 7.17. The predicted molar refractivity (Wildman–Crippen MR) is 87.6 cm³/mol. The molecule has 0 aliphatic carbocycles. The molecule has 0 radical (unpaired) electrons. The molecule has 0 spiro atoms. The number of hydrogen-bond acceptors (Lipinski definition) is 2. The Hall–Kier alpha value is -2.32. The molecule has 3 aromatic rings. The van der Waals surface area contributed by atoms with Gasteiger partial charge in [0.15, 0.2) is 0 Å². The van der Waals surface area contributed by atoms with Crippen LogP contribution in [-0.2, 0) is 0 Å². The van der Waals surface area contributed by atoms with Gasteiger partial charge >= 0.3 is 0 Å². The van der Waals surface area contributed by atoms with Crippen molar-refractivity contribution in [3.63, 3.8) is 0 Å². The lowest BCUT2D eigenvalue weighted by molar-refractivity contribution is 0.289. The third-order valence-corrected chi connectivity index (χ3v) is 3.71. The van der Waals surface area contributed by atoms with Gasteiger partial charge in [-0.15, -0.1) is 0 Å². The number of hydrogen-bond donors (Lipinski definition) is 1. The molecule has 0 aliphatic rings. The summed E-state index contributed by atoms with van der Waals surface area (Å²) in [5, 5.41) is 2.44. The minimum atomic E-state index is -0.130. The molecule has 3 aromatic carbocycles. The van der Waals surface area contributed by atoms with Gasteiger partial charge in [0.1, 0.15) is 12.4 Å². The SMILES string of the molecule is Cc1ccccc1OCC(N)c1ccc2ccccc2c1. The zero-order valence-electron chi connectivity index (χ0n) is 12.1. The van der Waals surface area contributed by atoms with Crippen LogP contribution in [0.15, 0.2) is 66.7 Å². The third-order valence-electron chi connectivity index (χ3n) is 3.71. The van der Waals surface area contributed by atoms with Gasteiger partial charge in [-0.1, -0.05) is 54.6 Å². The Morgan fingerprint density at radius 1 is 0.905 bits per heavy atom. The highest BCUT2D eigenvalue weighted by Crippen LogP contribution is 2.21. The number of nitrogens with two attached hydrogens (primary N) is 1. The lowest BCUT2D eigenvalue weighted by Crippen LogP contribution is -2.19. The average molecular weight is 277 g/mol. The maximum atomic E-state index is 6.26. The van der Waals surface area contributed by atoms with Gasteiger partial charge in [0, 0.05) is 0 Å². The molecule has 2 nitrogen and oxygen atoms in total. The number of para-hydroxylation sites is 1. The first kappa shape index (κ1) is 13.7. The van der Waals surface area contributed by atoms with Crippen LogP contribution in [0.1, 0.15) is 17.2 Å². The standard InChI is InChI=1S/C19H19NO/c1-14-6-2-5-9-19(14)21-13-18(20)17-11-10-15-7-3-4-8-16(15)12-17/h2-12,18H,13,20H2,1H3. The zero-order valence-corrected chi connectivity index (χ0v) is 12.1. The molecule has 0 aliphatic heterocycles. The monoisotopic (exact) mass is 277 g/mol. The van der Waals surface area contributed by atoms with Gasteiger partial charge in [0.05, 0.1) is 6.04 Å². The lowest BCUT2D eigenvalue weighted by Gasteiger charge is -2.15. The highest BCUT2D eigenvalue weighted by molar-refractivity contribution is 5.83. The van der Waals surface area contributed by atoms with E-state index in [4.69, 9.17) is 10.5 Å². The number of benzene rings is 3. The van der Waals surface area contributed by atoms with Crippen LogP contribution in [0.4, 0.5) is 0 Å². The molecular weight excluding hydrogens is 258 g/mol. The molecular formula is C19H19NO. The van der Waals surface area contributed by atoms with E-state index in [2.05, 4.69) is 30.3 Å². The van der Waals surface area contributed by atoms with Crippen molar-refractivity contribution in [1.82, 2.24) is 0 Å². The van der Waals surface area contributed by atoms with Gasteiger partial charge in [0.25, 0.3) is 0 Å². The molecule has 3 rings (SSSR count). The normalized spacial score (nSPS) is 12.3. The van der Waals surface area contributed by atoms with E-state index in [0.29, 0.717) is 6.61 Å². The molecule has 0 amide bonds. The van der Waals surface area contributed by atoms with Crippen LogP contribution < -0.4 is 10.5 Å². The van der Waals surface area contributed by atoms with Crippen molar-refractivity contribution in [2.24, 2.45) is 5.73 Å². The molecule has 0 heterocycles. The quantitative estimate of drug-likeness (QED) is 0.774. The van der Waals surface area contributed by atoms with E-state index in [1.807, 2.05) is 43.3 Å². The van der Waals surface area contributed by atoms with Crippen LogP contribution in [0.2, 0.25) is 0 Å². The molecule has 0 fully saturated rings. The van der Waals surface area contributed by atoms with Crippen molar-refractivity contribution >= 4 is 10.8 Å². The van der Waals surface area contributed by atoms with Gasteiger partial charge < -0.3 is 10.5 Å². The van der Waals surface area contributed by atoms with Gasteiger partial charge in [-0.05, 0) is 41.0 Å². The van der Waals surface area contributed by atoms with Crippen molar-refractivity contribution in [2.45, 2.75) is 13.0 Å². The van der Waals surface area contributed by atoms with Crippen molar-refractivity contribution in [1.29, 1.82) is 0 Å². The van der Waals surface area contributed by atoms with Crippen molar-refractivity contribution in [2.75, 3.05) is 6.61 Å². The zero-order chi connectivity index (χ0) is 14.7. The second-order valence-corrected chi connectivity index (χ2v) is 5.29. The highest BCUT2D eigenvalue weighted by Gasteiger charge is 2.08. The lowest BCUT2D eigenvalue weighted by atomic mass is 10.0. The largest absolute Gasteiger partial charge is 0.491 e. The highest BCUT2D eigenvalue weighted by atomic mass is 16.5. The van der Waals surface area contributed by atoms with Gasteiger partial charge in [0.2, 0.25) is 0 Å². The van der Waals surface area contributed by atoms with Gasteiger partial charge in [-0.3, -0.25) is 0 Å². The molecule has 2 heteroatoms. The summed E-state index contributed by atoms with van der Waals surface area (Å²) in [4.78, 5) is 0. The van der Waals surface area contributed by atoms with Crippen LogP contribution in [-0.4, -0.2) is 6.61 Å². The van der Waals surface area contributed by atoms with Crippen LogP contribution >= 0.6 is 0 Å². The van der Waals surface area contributed by atoms with E-state index >= 15 is 0 Å². The van der Waals surface area contributed by atoms with E-state index in [1.54, 1.807) is 0 Å². The molecule has 106 valence electrons. The fourth-order valence-corrected chi connectivity index (χ4v) is 2.43. The summed E-state index contributed by atoms with van der Waals surface area (Å²) in [5.41, 5.74) is 8.49. The van der Waals surface area contributed by atoms with Crippen LogP contribution in [0.3, 0.4) is 0 Å². The Kier molecular flexibility index (Phi) is 3.89. The van der Waals surface area contributed by atoms with Gasteiger partial charge in [-0.2, -0.15) is 0 Å².